The fourth-order valence-corrected chi connectivity index (χ4v) is 2.67. The van der Waals surface area contributed by atoms with E-state index in [1.54, 1.807) is 50.4 Å². The zero-order valence-electron chi connectivity index (χ0n) is 14.5. The molecule has 26 heavy (non-hydrogen) atoms. The highest BCUT2D eigenvalue weighted by Gasteiger charge is 2.19. The van der Waals surface area contributed by atoms with E-state index in [2.05, 4.69) is 4.52 Å². The average Bonchev–Trinajstić information content (AvgIpc) is 2.60. The van der Waals surface area contributed by atoms with Crippen LogP contribution in [0.1, 0.15) is 22.8 Å². The third-order valence-electron chi connectivity index (χ3n) is 3.50. The Morgan fingerprint density at radius 1 is 1.00 bits per heavy atom. The minimum atomic E-state index is -4.74. The van der Waals surface area contributed by atoms with Crippen LogP contribution in [-0.2, 0) is 4.57 Å². The summed E-state index contributed by atoms with van der Waals surface area (Å²) in [4.78, 5) is 30.5. The molecular formula is C18H19O7P. The molecule has 0 radical (unpaired) electrons. The molecule has 0 fully saturated rings. The van der Waals surface area contributed by atoms with Gasteiger partial charge in [-0.3, -0.25) is 14.6 Å². The Balaban J connectivity index is 2.30. The van der Waals surface area contributed by atoms with Gasteiger partial charge in [-0.2, -0.15) is 0 Å². The highest BCUT2D eigenvalue weighted by molar-refractivity contribution is 7.46. The number of hydrogen-bond acceptors (Lipinski definition) is 5. The quantitative estimate of drug-likeness (QED) is 0.432. The van der Waals surface area contributed by atoms with Gasteiger partial charge in [-0.1, -0.05) is 6.07 Å². The number of benzene rings is 2. The first-order valence-electron chi connectivity index (χ1n) is 7.53. The number of ether oxygens (including phenoxy) is 2. The number of phosphoric ester groups is 1. The third-order valence-corrected chi connectivity index (χ3v) is 3.93. The Hall–Kier alpha value is -2.60. The first kappa shape index (κ1) is 19.7. The van der Waals surface area contributed by atoms with Crippen molar-refractivity contribution in [2.75, 3.05) is 14.2 Å². The van der Waals surface area contributed by atoms with E-state index in [0.29, 0.717) is 22.4 Å². The lowest BCUT2D eigenvalue weighted by Gasteiger charge is -2.12. The number of allylic oxidation sites excluding steroid dienone is 1. The largest absolute Gasteiger partial charge is 0.524 e. The molecule has 138 valence electrons. The Morgan fingerprint density at radius 2 is 1.65 bits per heavy atom. The number of carbonyl (C=O) groups is 1. The summed E-state index contributed by atoms with van der Waals surface area (Å²) < 4.78 is 25.8. The van der Waals surface area contributed by atoms with Gasteiger partial charge < -0.3 is 14.0 Å². The van der Waals surface area contributed by atoms with Crippen LogP contribution in [-0.4, -0.2) is 29.8 Å². The molecule has 0 saturated heterocycles. The lowest BCUT2D eigenvalue weighted by Crippen LogP contribution is -2.00. The van der Waals surface area contributed by atoms with Crippen LogP contribution >= 0.6 is 7.82 Å². The minimum absolute atomic E-state index is 0.112. The van der Waals surface area contributed by atoms with Crippen molar-refractivity contribution in [1.82, 2.24) is 0 Å². The summed E-state index contributed by atoms with van der Waals surface area (Å²) in [5.74, 6) is 0.530. The van der Waals surface area contributed by atoms with Crippen LogP contribution < -0.4 is 14.0 Å². The molecule has 2 aromatic rings. The highest BCUT2D eigenvalue weighted by Crippen LogP contribution is 2.42. The van der Waals surface area contributed by atoms with E-state index >= 15 is 0 Å². The summed E-state index contributed by atoms with van der Waals surface area (Å²) in [5, 5.41) is 0. The van der Waals surface area contributed by atoms with E-state index < -0.39 is 7.82 Å². The van der Waals surface area contributed by atoms with E-state index in [1.807, 2.05) is 0 Å². The molecule has 7 nitrogen and oxygen atoms in total. The molecule has 0 spiro atoms. The van der Waals surface area contributed by atoms with Crippen molar-refractivity contribution in [1.29, 1.82) is 0 Å². The van der Waals surface area contributed by atoms with Crippen LogP contribution in [0.15, 0.2) is 48.0 Å². The number of rotatable bonds is 7. The van der Waals surface area contributed by atoms with Crippen LogP contribution in [0.2, 0.25) is 0 Å². The topological polar surface area (TPSA) is 102 Å². The third kappa shape index (κ3) is 5.20. The molecule has 0 aliphatic heterocycles. The average molecular weight is 378 g/mol. The van der Waals surface area contributed by atoms with E-state index in [1.165, 1.54) is 19.2 Å². The maximum Gasteiger partial charge on any atom is 0.524 e. The Kier molecular flexibility index (Phi) is 6.21. The summed E-state index contributed by atoms with van der Waals surface area (Å²) in [7, 11) is -1.83. The molecule has 0 saturated carbocycles. The molecule has 0 atom stereocenters. The zero-order chi connectivity index (χ0) is 19.3. The maximum absolute atomic E-state index is 12.5. The Morgan fingerprint density at radius 3 is 2.19 bits per heavy atom. The molecule has 0 aliphatic carbocycles. The fraction of sp³-hybridized carbons (Fsp3) is 0.167. The summed E-state index contributed by atoms with van der Waals surface area (Å²) in [6, 6.07) is 11.3. The second kappa shape index (κ2) is 8.19. The zero-order valence-corrected chi connectivity index (χ0v) is 15.4. The molecule has 0 unspecified atom stereocenters. The monoisotopic (exact) mass is 378 g/mol. The molecular weight excluding hydrogens is 359 g/mol. The van der Waals surface area contributed by atoms with E-state index in [9.17, 15) is 9.36 Å². The van der Waals surface area contributed by atoms with Gasteiger partial charge in [0.15, 0.2) is 17.3 Å². The fourth-order valence-electron chi connectivity index (χ4n) is 2.27. The standard InChI is InChI=1S/C18H19O7P/c1-12(18(19)14-5-7-15(23-2)8-6-14)10-13-4-9-16(24-3)17(11-13)25-26(20,21)22/h4-11H,1-3H3,(H2,20,21,22)/b12-10+. The molecule has 2 rings (SSSR count). The van der Waals surface area contributed by atoms with Crippen LogP contribution in [0.3, 0.4) is 0 Å². The second-order valence-electron chi connectivity index (χ2n) is 5.38. The number of Topliss-reactive ketones (excluding diaryl/α,β-unsaturated/α-hetero) is 1. The van der Waals surface area contributed by atoms with Gasteiger partial charge in [-0.05, 0) is 60.5 Å². The number of hydrogen-bond donors (Lipinski definition) is 2. The van der Waals surface area contributed by atoms with E-state index in [4.69, 9.17) is 19.3 Å². The Bertz CT molecular complexity index is 866. The van der Waals surface area contributed by atoms with Crippen LogP contribution in [0, 0.1) is 0 Å². The highest BCUT2D eigenvalue weighted by atomic mass is 31.2. The minimum Gasteiger partial charge on any atom is -0.497 e. The van der Waals surface area contributed by atoms with Crippen molar-refractivity contribution < 1.29 is 33.1 Å². The van der Waals surface area contributed by atoms with E-state index in [0.717, 1.165) is 0 Å². The number of methoxy groups -OCH3 is 2. The lowest BCUT2D eigenvalue weighted by molar-refractivity contribution is 0.103. The summed E-state index contributed by atoms with van der Waals surface area (Å²) in [5.41, 5.74) is 1.48. The summed E-state index contributed by atoms with van der Waals surface area (Å²) in [6.07, 6.45) is 1.60. The van der Waals surface area contributed by atoms with Gasteiger partial charge in [0.05, 0.1) is 14.2 Å². The molecule has 0 amide bonds. The molecule has 0 aliphatic rings. The molecule has 0 aromatic heterocycles. The number of phosphoric acid groups is 1. The van der Waals surface area contributed by atoms with Crippen LogP contribution in [0.5, 0.6) is 17.2 Å². The lowest BCUT2D eigenvalue weighted by atomic mass is 10.0. The van der Waals surface area contributed by atoms with Crippen molar-refractivity contribution in [2.24, 2.45) is 0 Å². The molecule has 8 heteroatoms. The van der Waals surface area contributed by atoms with Gasteiger partial charge >= 0.3 is 7.82 Å². The van der Waals surface area contributed by atoms with Gasteiger partial charge in [0.25, 0.3) is 0 Å². The predicted octanol–water partition coefficient (Wildman–Crippen LogP) is 3.46. The first-order valence-corrected chi connectivity index (χ1v) is 9.07. The van der Waals surface area contributed by atoms with E-state index in [-0.39, 0.29) is 17.3 Å². The van der Waals surface area contributed by atoms with Crippen LogP contribution in [0.25, 0.3) is 6.08 Å². The van der Waals surface area contributed by atoms with Crippen molar-refractivity contribution >= 4 is 19.7 Å². The summed E-state index contributed by atoms with van der Waals surface area (Å²) >= 11 is 0. The van der Waals surface area contributed by atoms with Gasteiger partial charge in [0.1, 0.15) is 5.75 Å². The van der Waals surface area contributed by atoms with Crippen molar-refractivity contribution in [2.45, 2.75) is 6.92 Å². The van der Waals surface area contributed by atoms with Crippen LogP contribution in [0.4, 0.5) is 0 Å². The Labute approximate surface area is 151 Å². The normalized spacial score (nSPS) is 11.8. The summed E-state index contributed by atoms with van der Waals surface area (Å²) in [6.45, 7) is 1.65. The van der Waals surface area contributed by atoms with Gasteiger partial charge in [-0.25, -0.2) is 4.57 Å². The molecule has 0 bridgehead atoms. The van der Waals surface area contributed by atoms with Gasteiger partial charge in [0.2, 0.25) is 0 Å². The molecule has 2 aromatic carbocycles. The SMILES string of the molecule is COc1ccc(C(=O)/C(C)=C/c2ccc(OC)c(OP(=O)(O)O)c2)cc1. The predicted molar refractivity (Wildman–Crippen MR) is 96.6 cm³/mol. The maximum atomic E-state index is 12.5. The van der Waals surface area contributed by atoms with Crippen molar-refractivity contribution in [3.63, 3.8) is 0 Å². The first-order chi connectivity index (χ1) is 12.2. The van der Waals surface area contributed by atoms with Crippen molar-refractivity contribution in [3.05, 3.63) is 59.2 Å². The van der Waals surface area contributed by atoms with Crippen molar-refractivity contribution in [3.8, 4) is 17.2 Å². The number of carbonyl (C=O) groups excluding carboxylic acids is 1. The smallest absolute Gasteiger partial charge is 0.497 e. The van der Waals surface area contributed by atoms with Gasteiger partial charge in [0, 0.05) is 5.56 Å². The van der Waals surface area contributed by atoms with Gasteiger partial charge in [-0.15, -0.1) is 0 Å². The molecule has 2 N–H and O–H groups in total. The number of ketones is 1. The second-order valence-corrected chi connectivity index (χ2v) is 6.54. The molecule has 0 heterocycles.